The zero-order chi connectivity index (χ0) is 17.4. The first-order valence-electron chi connectivity index (χ1n) is 9.00. The molecule has 1 amide bonds. The van der Waals surface area contributed by atoms with Gasteiger partial charge in [0.1, 0.15) is 6.61 Å². The van der Waals surface area contributed by atoms with Crippen LogP contribution in [0.3, 0.4) is 0 Å². The number of carbonyl (C=O) groups excluding carboxylic acids is 1. The third kappa shape index (κ3) is 3.07. The number of amides is 1. The Balaban J connectivity index is 1.50. The highest BCUT2D eigenvalue weighted by Crippen LogP contribution is 2.49. The summed E-state index contributed by atoms with van der Waals surface area (Å²) in [6.07, 6.45) is 2.18. The lowest BCUT2D eigenvalue weighted by Crippen LogP contribution is -2.63. The summed E-state index contributed by atoms with van der Waals surface area (Å²) >= 11 is 0. The molecule has 1 atom stereocenters. The molecule has 0 saturated carbocycles. The van der Waals surface area contributed by atoms with Gasteiger partial charge in [-0.05, 0) is 19.8 Å². The van der Waals surface area contributed by atoms with Gasteiger partial charge in [0.15, 0.2) is 5.82 Å². The molecule has 0 bridgehead atoms. The molecule has 138 valence electrons. The van der Waals surface area contributed by atoms with Gasteiger partial charge in [0.05, 0.1) is 5.92 Å². The summed E-state index contributed by atoms with van der Waals surface area (Å²) in [4.78, 5) is 21.2. The van der Waals surface area contributed by atoms with Crippen LogP contribution < -0.4 is 0 Å². The summed E-state index contributed by atoms with van der Waals surface area (Å²) in [5, 5.41) is 3.96. The van der Waals surface area contributed by atoms with Gasteiger partial charge in [-0.3, -0.25) is 9.69 Å². The molecule has 1 spiro atoms. The Kier molecular flexibility index (Phi) is 4.51. The lowest BCUT2D eigenvalue weighted by atomic mass is 9.70. The first-order valence-corrected chi connectivity index (χ1v) is 9.00. The van der Waals surface area contributed by atoms with Crippen molar-refractivity contribution in [2.24, 2.45) is 5.41 Å². The van der Waals surface area contributed by atoms with Crippen LogP contribution in [0.2, 0.25) is 0 Å². The number of rotatable bonds is 4. The topological polar surface area (TPSA) is 80.9 Å². The molecule has 1 aromatic heterocycles. The van der Waals surface area contributed by atoms with Crippen molar-refractivity contribution in [3.63, 3.8) is 0 Å². The molecule has 0 aliphatic carbocycles. The fourth-order valence-corrected chi connectivity index (χ4v) is 4.56. The molecule has 3 aliphatic rings. The number of hydrogen-bond donors (Lipinski definition) is 0. The minimum atomic E-state index is 0.0146. The molecule has 4 rings (SSSR count). The summed E-state index contributed by atoms with van der Waals surface area (Å²) in [5.74, 6) is 1.44. The summed E-state index contributed by atoms with van der Waals surface area (Å²) in [7, 11) is 1.55. The van der Waals surface area contributed by atoms with Crippen molar-refractivity contribution in [2.45, 2.75) is 31.7 Å². The molecule has 3 aliphatic heterocycles. The molecular weight excluding hydrogens is 324 g/mol. The molecule has 3 saturated heterocycles. The third-order valence-corrected chi connectivity index (χ3v) is 5.85. The van der Waals surface area contributed by atoms with Crippen LogP contribution in [0, 0.1) is 12.3 Å². The van der Waals surface area contributed by atoms with E-state index in [0.29, 0.717) is 24.3 Å². The molecule has 0 radical (unpaired) electrons. The number of methoxy groups -OCH3 is 1. The van der Waals surface area contributed by atoms with E-state index in [1.54, 1.807) is 7.11 Å². The molecule has 4 heterocycles. The minimum absolute atomic E-state index is 0.0146. The largest absolute Gasteiger partial charge is 0.381 e. The van der Waals surface area contributed by atoms with Gasteiger partial charge in [-0.1, -0.05) is 5.16 Å². The van der Waals surface area contributed by atoms with E-state index in [4.69, 9.17) is 14.0 Å². The second-order valence-electron chi connectivity index (χ2n) is 7.55. The third-order valence-electron chi connectivity index (χ3n) is 5.85. The quantitative estimate of drug-likeness (QED) is 0.779. The predicted molar refractivity (Wildman–Crippen MR) is 88.1 cm³/mol. The monoisotopic (exact) mass is 350 g/mol. The van der Waals surface area contributed by atoms with Gasteiger partial charge in [-0.25, -0.2) is 0 Å². The average Bonchev–Trinajstić information content (AvgIpc) is 3.18. The van der Waals surface area contributed by atoms with Gasteiger partial charge < -0.3 is 18.9 Å². The standard InChI is InChI=1S/C17H26N4O4/c1-12-18-16(25-19-12)14-7-20(15(22)8-23-2)9-17(14)10-21(11-17)13-3-5-24-6-4-13/h13-14H,3-11H2,1-2H3. The minimum Gasteiger partial charge on any atom is -0.381 e. The highest BCUT2D eigenvalue weighted by atomic mass is 16.5. The van der Waals surface area contributed by atoms with Gasteiger partial charge in [0.25, 0.3) is 0 Å². The van der Waals surface area contributed by atoms with Crippen molar-refractivity contribution < 1.29 is 18.8 Å². The number of aryl methyl sites for hydroxylation is 1. The van der Waals surface area contributed by atoms with E-state index in [1.165, 1.54) is 0 Å². The van der Waals surface area contributed by atoms with E-state index in [9.17, 15) is 4.79 Å². The van der Waals surface area contributed by atoms with E-state index in [2.05, 4.69) is 15.0 Å². The zero-order valence-electron chi connectivity index (χ0n) is 14.9. The smallest absolute Gasteiger partial charge is 0.248 e. The highest BCUT2D eigenvalue weighted by molar-refractivity contribution is 5.78. The summed E-state index contributed by atoms with van der Waals surface area (Å²) < 4.78 is 16.0. The molecular formula is C17H26N4O4. The lowest BCUT2D eigenvalue weighted by Gasteiger charge is -2.54. The maximum Gasteiger partial charge on any atom is 0.248 e. The lowest BCUT2D eigenvalue weighted by molar-refractivity contribution is -0.135. The highest BCUT2D eigenvalue weighted by Gasteiger charge is 2.58. The Morgan fingerprint density at radius 2 is 2.08 bits per heavy atom. The van der Waals surface area contributed by atoms with Gasteiger partial charge >= 0.3 is 0 Å². The van der Waals surface area contributed by atoms with E-state index in [1.807, 2.05) is 11.8 Å². The molecule has 3 fully saturated rings. The van der Waals surface area contributed by atoms with Crippen molar-refractivity contribution in [1.82, 2.24) is 19.9 Å². The molecule has 1 aromatic rings. The summed E-state index contributed by atoms with van der Waals surface area (Å²) in [6, 6.07) is 0.591. The van der Waals surface area contributed by atoms with Gasteiger partial charge in [-0.2, -0.15) is 4.98 Å². The molecule has 8 heteroatoms. The zero-order valence-corrected chi connectivity index (χ0v) is 14.9. The summed E-state index contributed by atoms with van der Waals surface area (Å²) in [6.45, 7) is 6.96. The first-order chi connectivity index (χ1) is 12.1. The number of ether oxygens (including phenoxy) is 2. The predicted octanol–water partition coefficient (Wildman–Crippen LogP) is 0.431. The Labute approximate surface area is 147 Å². The number of aromatic nitrogens is 2. The van der Waals surface area contributed by atoms with Crippen LogP contribution in [-0.2, 0) is 14.3 Å². The number of nitrogens with zero attached hydrogens (tertiary/aromatic N) is 4. The van der Waals surface area contributed by atoms with E-state index >= 15 is 0 Å². The van der Waals surface area contributed by atoms with Crippen LogP contribution in [0.25, 0.3) is 0 Å². The van der Waals surface area contributed by atoms with Crippen LogP contribution in [0.4, 0.5) is 0 Å². The molecule has 0 N–H and O–H groups in total. The van der Waals surface area contributed by atoms with Crippen LogP contribution in [0.1, 0.15) is 30.5 Å². The van der Waals surface area contributed by atoms with Gasteiger partial charge in [0.2, 0.25) is 11.8 Å². The normalized spacial score (nSPS) is 27.0. The van der Waals surface area contributed by atoms with E-state index in [-0.39, 0.29) is 23.8 Å². The van der Waals surface area contributed by atoms with Crippen molar-refractivity contribution >= 4 is 5.91 Å². The van der Waals surface area contributed by atoms with Crippen LogP contribution in [0.15, 0.2) is 4.52 Å². The van der Waals surface area contributed by atoms with Crippen molar-refractivity contribution in [2.75, 3.05) is 53.1 Å². The second-order valence-corrected chi connectivity index (χ2v) is 7.55. The Hall–Kier alpha value is -1.51. The fourth-order valence-electron chi connectivity index (χ4n) is 4.56. The maximum absolute atomic E-state index is 12.3. The average molecular weight is 350 g/mol. The molecule has 8 nitrogen and oxygen atoms in total. The first kappa shape index (κ1) is 16.9. The Bertz CT molecular complexity index is 622. The van der Waals surface area contributed by atoms with Crippen molar-refractivity contribution in [1.29, 1.82) is 0 Å². The molecule has 0 aromatic carbocycles. The maximum atomic E-state index is 12.3. The Morgan fingerprint density at radius 1 is 1.32 bits per heavy atom. The molecule has 25 heavy (non-hydrogen) atoms. The number of carbonyl (C=O) groups is 1. The SMILES string of the molecule is COCC(=O)N1CC(c2nc(C)no2)C2(C1)CN(C1CCOCC1)C2. The van der Waals surface area contributed by atoms with E-state index in [0.717, 1.165) is 45.7 Å². The number of likely N-dealkylation sites (tertiary alicyclic amines) is 2. The molecule has 1 unspecified atom stereocenters. The van der Waals surface area contributed by atoms with Crippen molar-refractivity contribution in [3.8, 4) is 0 Å². The van der Waals surface area contributed by atoms with Gasteiger partial charge in [-0.15, -0.1) is 0 Å². The Morgan fingerprint density at radius 3 is 2.72 bits per heavy atom. The number of hydrogen-bond acceptors (Lipinski definition) is 7. The van der Waals surface area contributed by atoms with Crippen LogP contribution >= 0.6 is 0 Å². The second kappa shape index (κ2) is 6.66. The summed E-state index contributed by atoms with van der Waals surface area (Å²) in [5.41, 5.74) is 0.0146. The van der Waals surface area contributed by atoms with Crippen molar-refractivity contribution in [3.05, 3.63) is 11.7 Å². The van der Waals surface area contributed by atoms with Gasteiger partial charge in [0, 0.05) is 58.0 Å². The van der Waals surface area contributed by atoms with Crippen LogP contribution in [-0.4, -0.2) is 85.0 Å². The van der Waals surface area contributed by atoms with E-state index < -0.39 is 0 Å². The fraction of sp³-hybridized carbons (Fsp3) is 0.824. The van der Waals surface area contributed by atoms with Crippen LogP contribution in [0.5, 0.6) is 0 Å².